The van der Waals surface area contributed by atoms with E-state index in [1.54, 1.807) is 32.2 Å². The van der Waals surface area contributed by atoms with Crippen molar-refractivity contribution in [2.75, 3.05) is 17.7 Å². The van der Waals surface area contributed by atoms with E-state index >= 15 is 0 Å². The average molecular weight is 439 g/mol. The van der Waals surface area contributed by atoms with Crippen LogP contribution in [0.4, 0.5) is 5.69 Å². The number of aryl methyl sites for hydroxylation is 1. The Morgan fingerprint density at radius 3 is 2.31 bits per heavy atom. The molecule has 6 nitrogen and oxygen atoms in total. The number of rotatable bonds is 8. The van der Waals surface area contributed by atoms with Gasteiger partial charge in [0, 0.05) is 5.02 Å². The number of benzene rings is 2. The summed E-state index contributed by atoms with van der Waals surface area (Å²) in [5, 5.41) is 3.39. The first-order chi connectivity index (χ1) is 13.6. The Kier molecular flexibility index (Phi) is 7.54. The molecule has 0 fully saturated rings. The molecule has 2 aromatic rings. The van der Waals surface area contributed by atoms with Gasteiger partial charge in [0.2, 0.25) is 15.9 Å². The first kappa shape index (κ1) is 23.0. The van der Waals surface area contributed by atoms with Crippen molar-refractivity contribution < 1.29 is 17.9 Å². The fourth-order valence-electron chi connectivity index (χ4n) is 3.08. The summed E-state index contributed by atoms with van der Waals surface area (Å²) < 4.78 is 31.2. The van der Waals surface area contributed by atoms with Crippen molar-refractivity contribution in [1.29, 1.82) is 0 Å². The number of methoxy groups -OCH3 is 1. The fraction of sp³-hybridized carbons (Fsp3) is 0.381. The SMILES string of the molecule is CC[C@H](NC(=O)[C@H](C)N(c1ccc(C)c(Cl)c1)S(C)(=O)=O)c1ccc(OC)cc1. The van der Waals surface area contributed by atoms with Gasteiger partial charge in [0.05, 0.1) is 25.1 Å². The van der Waals surface area contributed by atoms with Gasteiger partial charge < -0.3 is 10.1 Å². The quantitative estimate of drug-likeness (QED) is 0.673. The van der Waals surface area contributed by atoms with Gasteiger partial charge in [-0.15, -0.1) is 0 Å². The third kappa shape index (κ3) is 5.64. The second-order valence-corrected chi connectivity index (χ2v) is 9.18. The molecule has 0 aliphatic rings. The van der Waals surface area contributed by atoms with Crippen molar-refractivity contribution >= 4 is 33.2 Å². The van der Waals surface area contributed by atoms with Crippen LogP contribution in [0.2, 0.25) is 5.02 Å². The molecule has 8 heteroatoms. The molecule has 29 heavy (non-hydrogen) atoms. The van der Waals surface area contributed by atoms with Crippen LogP contribution in [0.15, 0.2) is 42.5 Å². The third-order valence-corrected chi connectivity index (χ3v) is 6.39. The second kappa shape index (κ2) is 9.50. The number of hydrogen-bond donors (Lipinski definition) is 1. The van der Waals surface area contributed by atoms with Crippen LogP contribution >= 0.6 is 11.6 Å². The molecular weight excluding hydrogens is 412 g/mol. The van der Waals surface area contributed by atoms with E-state index in [1.165, 1.54) is 0 Å². The maximum absolute atomic E-state index is 12.9. The van der Waals surface area contributed by atoms with Crippen molar-refractivity contribution in [1.82, 2.24) is 5.32 Å². The molecule has 0 aromatic heterocycles. The summed E-state index contributed by atoms with van der Waals surface area (Å²) in [6.07, 6.45) is 1.73. The molecule has 0 saturated carbocycles. The van der Waals surface area contributed by atoms with Crippen molar-refractivity contribution in [3.05, 3.63) is 58.6 Å². The highest BCUT2D eigenvalue weighted by atomic mass is 35.5. The van der Waals surface area contributed by atoms with Gasteiger partial charge >= 0.3 is 0 Å². The standard InChI is InChI=1S/C21H27ClN2O4S/c1-6-20(16-8-11-18(28-4)12-9-16)23-21(25)15(3)24(29(5,26)27)17-10-7-14(2)19(22)13-17/h7-13,15,20H,6H2,1-5H3,(H,23,25)/t15-,20-/m0/s1. The highest BCUT2D eigenvalue weighted by Crippen LogP contribution is 2.27. The zero-order chi connectivity index (χ0) is 21.8. The molecule has 0 aliphatic heterocycles. The number of hydrogen-bond acceptors (Lipinski definition) is 4. The monoisotopic (exact) mass is 438 g/mol. The minimum Gasteiger partial charge on any atom is -0.497 e. The molecule has 2 rings (SSSR count). The van der Waals surface area contributed by atoms with Gasteiger partial charge in [-0.3, -0.25) is 9.10 Å². The van der Waals surface area contributed by atoms with Gasteiger partial charge in [-0.2, -0.15) is 0 Å². The van der Waals surface area contributed by atoms with Gasteiger partial charge in [0.15, 0.2) is 0 Å². The number of ether oxygens (including phenoxy) is 1. The minimum atomic E-state index is -3.71. The largest absolute Gasteiger partial charge is 0.497 e. The highest BCUT2D eigenvalue weighted by molar-refractivity contribution is 7.92. The van der Waals surface area contributed by atoms with Crippen LogP contribution in [-0.4, -0.2) is 33.7 Å². The topological polar surface area (TPSA) is 75.7 Å². The average Bonchev–Trinajstić information content (AvgIpc) is 2.67. The van der Waals surface area contributed by atoms with E-state index in [-0.39, 0.29) is 6.04 Å². The molecule has 2 aromatic carbocycles. The molecule has 0 unspecified atom stereocenters. The van der Waals surface area contributed by atoms with Crippen LogP contribution in [0.3, 0.4) is 0 Å². The van der Waals surface area contributed by atoms with Crippen molar-refractivity contribution in [3.8, 4) is 5.75 Å². The minimum absolute atomic E-state index is 0.251. The Labute approximate surface area is 177 Å². The first-order valence-electron chi connectivity index (χ1n) is 9.28. The maximum atomic E-state index is 12.9. The van der Waals surface area contributed by atoms with Gasteiger partial charge in [-0.1, -0.05) is 36.7 Å². The van der Waals surface area contributed by atoms with Crippen LogP contribution in [-0.2, 0) is 14.8 Å². The number of sulfonamides is 1. The fourth-order valence-corrected chi connectivity index (χ4v) is 4.42. The highest BCUT2D eigenvalue weighted by Gasteiger charge is 2.30. The second-order valence-electron chi connectivity index (χ2n) is 6.91. The molecular formula is C21H27ClN2O4S. The molecule has 1 amide bonds. The molecule has 0 radical (unpaired) electrons. The summed E-state index contributed by atoms with van der Waals surface area (Å²) in [6, 6.07) is 11.1. The Balaban J connectivity index is 2.28. The zero-order valence-corrected chi connectivity index (χ0v) is 18.8. The van der Waals surface area contributed by atoms with Crippen molar-refractivity contribution in [2.24, 2.45) is 0 Å². The zero-order valence-electron chi connectivity index (χ0n) is 17.3. The molecule has 2 atom stereocenters. The number of anilines is 1. The molecule has 0 heterocycles. The number of nitrogens with zero attached hydrogens (tertiary/aromatic N) is 1. The van der Waals surface area contributed by atoms with Crippen LogP contribution in [0, 0.1) is 6.92 Å². The van der Waals surface area contributed by atoms with E-state index in [9.17, 15) is 13.2 Å². The Morgan fingerprint density at radius 1 is 1.21 bits per heavy atom. The van der Waals surface area contributed by atoms with E-state index in [4.69, 9.17) is 16.3 Å². The molecule has 158 valence electrons. The number of nitrogens with one attached hydrogen (secondary N) is 1. The van der Waals surface area contributed by atoms with Gasteiger partial charge in [0.25, 0.3) is 0 Å². The van der Waals surface area contributed by atoms with Crippen LogP contribution in [0.1, 0.15) is 37.4 Å². The lowest BCUT2D eigenvalue weighted by atomic mass is 10.0. The first-order valence-corrected chi connectivity index (χ1v) is 11.5. The van der Waals surface area contributed by atoms with Crippen LogP contribution in [0.25, 0.3) is 0 Å². The van der Waals surface area contributed by atoms with E-state index in [2.05, 4.69) is 5.32 Å². The van der Waals surface area contributed by atoms with E-state index in [0.29, 0.717) is 17.1 Å². The van der Waals surface area contributed by atoms with Crippen molar-refractivity contribution in [2.45, 2.75) is 39.3 Å². The van der Waals surface area contributed by atoms with Crippen molar-refractivity contribution in [3.63, 3.8) is 0 Å². The van der Waals surface area contributed by atoms with Crippen LogP contribution < -0.4 is 14.4 Å². The maximum Gasteiger partial charge on any atom is 0.244 e. The van der Waals surface area contributed by atoms with Gasteiger partial charge in [-0.25, -0.2) is 8.42 Å². The van der Waals surface area contributed by atoms with Crippen LogP contribution in [0.5, 0.6) is 5.75 Å². The van der Waals surface area contributed by atoms with E-state index in [0.717, 1.165) is 27.4 Å². The molecule has 1 N–H and O–H groups in total. The molecule has 0 aliphatic carbocycles. The summed E-state index contributed by atoms with van der Waals surface area (Å²) in [7, 11) is -2.12. The number of carbonyl (C=O) groups excluding carboxylic acids is 1. The normalized spacial score (nSPS) is 13.4. The lowest BCUT2D eigenvalue weighted by Crippen LogP contribution is -2.48. The summed E-state index contributed by atoms with van der Waals surface area (Å²) in [6.45, 7) is 5.34. The smallest absolute Gasteiger partial charge is 0.244 e. The van der Waals surface area contributed by atoms with Gasteiger partial charge in [0.1, 0.15) is 11.8 Å². The Morgan fingerprint density at radius 2 is 1.83 bits per heavy atom. The predicted molar refractivity (Wildman–Crippen MR) is 117 cm³/mol. The van der Waals surface area contributed by atoms with E-state index < -0.39 is 22.0 Å². The van der Waals surface area contributed by atoms with Gasteiger partial charge in [-0.05, 0) is 55.7 Å². The van der Waals surface area contributed by atoms with E-state index in [1.807, 2.05) is 38.1 Å². The Hall–Kier alpha value is -2.25. The molecule has 0 saturated heterocycles. The lowest BCUT2D eigenvalue weighted by molar-refractivity contribution is -0.122. The molecule has 0 bridgehead atoms. The molecule has 0 spiro atoms. The lowest BCUT2D eigenvalue weighted by Gasteiger charge is -2.30. The summed E-state index contributed by atoms with van der Waals surface area (Å²) >= 11 is 6.17. The summed E-state index contributed by atoms with van der Waals surface area (Å²) in [5.41, 5.74) is 2.09. The predicted octanol–water partition coefficient (Wildman–Crippen LogP) is 4.08. The summed E-state index contributed by atoms with van der Waals surface area (Å²) in [4.78, 5) is 12.9. The number of amides is 1. The Bertz CT molecular complexity index is 961. The third-order valence-electron chi connectivity index (χ3n) is 4.74. The number of halogens is 1. The number of carbonyl (C=O) groups is 1. The summed E-state index contributed by atoms with van der Waals surface area (Å²) in [5.74, 6) is 0.331.